The number of anilines is 1. The van der Waals surface area contributed by atoms with E-state index >= 15 is 0 Å². The number of phenolic OH excluding ortho intramolecular Hbond substituents is 1. The number of phenols is 1. The van der Waals surface area contributed by atoms with E-state index in [4.69, 9.17) is 16.3 Å². The summed E-state index contributed by atoms with van der Waals surface area (Å²) in [4.78, 5) is 1.81. The van der Waals surface area contributed by atoms with Gasteiger partial charge in [-0.15, -0.1) is 0 Å². The van der Waals surface area contributed by atoms with Gasteiger partial charge in [-0.2, -0.15) is 0 Å². The monoisotopic (exact) mass is 285 g/mol. The van der Waals surface area contributed by atoms with Gasteiger partial charge in [-0.1, -0.05) is 24.3 Å². The summed E-state index contributed by atoms with van der Waals surface area (Å²) >= 11 is 5.70. The van der Waals surface area contributed by atoms with Gasteiger partial charge in [-0.3, -0.25) is 0 Å². The molecule has 0 aromatic heterocycles. The Balaban J connectivity index is 2.40. The van der Waals surface area contributed by atoms with Gasteiger partial charge in [0.05, 0.1) is 5.69 Å². The Kier molecular flexibility index (Phi) is 4.32. The molecule has 1 heterocycles. The average molecular weight is 286 g/mol. The molecule has 1 aliphatic heterocycles. The molecule has 1 atom stereocenters. The van der Waals surface area contributed by atoms with Gasteiger partial charge in [0.1, 0.15) is 22.8 Å². The highest BCUT2D eigenvalue weighted by molar-refractivity contribution is 6.32. The standard InChI is InChI=1S/C14H17ClFNO2/c1-3-9-11(8-10(16)13(15)14(9)18)17(2)12-6-4-5-7-19-12/h3,8,12,18H,1,4-7H2,2H3. The summed E-state index contributed by atoms with van der Waals surface area (Å²) in [5.74, 6) is -0.934. The maximum Gasteiger partial charge on any atom is 0.147 e. The third-order valence-corrected chi connectivity index (χ3v) is 3.74. The Morgan fingerprint density at radius 1 is 1.58 bits per heavy atom. The van der Waals surface area contributed by atoms with Gasteiger partial charge in [-0.05, 0) is 25.3 Å². The van der Waals surface area contributed by atoms with E-state index in [-0.39, 0.29) is 17.0 Å². The van der Waals surface area contributed by atoms with E-state index in [9.17, 15) is 9.50 Å². The van der Waals surface area contributed by atoms with Gasteiger partial charge in [0.25, 0.3) is 0 Å². The van der Waals surface area contributed by atoms with Crippen LogP contribution in [0.5, 0.6) is 5.75 Å². The molecule has 0 radical (unpaired) electrons. The lowest BCUT2D eigenvalue weighted by atomic mass is 10.1. The Labute approximate surface area is 117 Å². The first-order valence-corrected chi connectivity index (χ1v) is 6.62. The fourth-order valence-corrected chi connectivity index (χ4v) is 2.45. The van der Waals surface area contributed by atoms with Crippen LogP contribution in [0.3, 0.4) is 0 Å². The summed E-state index contributed by atoms with van der Waals surface area (Å²) in [5.41, 5.74) is 0.948. The Morgan fingerprint density at radius 3 is 2.89 bits per heavy atom. The van der Waals surface area contributed by atoms with Crippen LogP contribution >= 0.6 is 11.6 Å². The zero-order valence-corrected chi connectivity index (χ0v) is 11.6. The molecule has 1 aliphatic rings. The van der Waals surface area contributed by atoms with Crippen molar-refractivity contribution in [3.05, 3.63) is 29.0 Å². The smallest absolute Gasteiger partial charge is 0.147 e. The molecule has 1 fully saturated rings. The number of benzene rings is 1. The van der Waals surface area contributed by atoms with Gasteiger partial charge in [-0.25, -0.2) is 4.39 Å². The second-order valence-corrected chi connectivity index (χ2v) is 4.97. The molecule has 0 saturated carbocycles. The number of hydrogen-bond donors (Lipinski definition) is 1. The highest BCUT2D eigenvalue weighted by atomic mass is 35.5. The van der Waals surface area contributed by atoms with Crippen molar-refractivity contribution in [1.82, 2.24) is 0 Å². The van der Waals surface area contributed by atoms with E-state index in [1.165, 1.54) is 12.1 Å². The first kappa shape index (κ1) is 14.2. The average Bonchev–Trinajstić information content (AvgIpc) is 2.44. The van der Waals surface area contributed by atoms with Crippen molar-refractivity contribution in [2.45, 2.75) is 25.5 Å². The zero-order chi connectivity index (χ0) is 14.0. The van der Waals surface area contributed by atoms with Crippen molar-refractivity contribution in [3.8, 4) is 5.75 Å². The minimum Gasteiger partial charge on any atom is -0.506 e. The highest BCUT2D eigenvalue weighted by Gasteiger charge is 2.23. The normalized spacial score (nSPS) is 19.2. The Morgan fingerprint density at radius 2 is 2.32 bits per heavy atom. The van der Waals surface area contributed by atoms with Crippen LogP contribution in [0.2, 0.25) is 5.02 Å². The lowest BCUT2D eigenvalue weighted by Crippen LogP contribution is -2.37. The molecule has 5 heteroatoms. The van der Waals surface area contributed by atoms with Crippen LogP contribution in [-0.4, -0.2) is 25.0 Å². The maximum atomic E-state index is 13.7. The molecule has 1 unspecified atom stereocenters. The van der Waals surface area contributed by atoms with Gasteiger partial charge in [0, 0.05) is 19.2 Å². The Hall–Kier alpha value is -1.26. The third-order valence-electron chi connectivity index (χ3n) is 3.38. The molecule has 0 bridgehead atoms. The number of nitrogens with zero attached hydrogens (tertiary/aromatic N) is 1. The van der Waals surface area contributed by atoms with Crippen molar-refractivity contribution in [2.24, 2.45) is 0 Å². The number of ether oxygens (including phenoxy) is 1. The minimum absolute atomic E-state index is 0.118. The van der Waals surface area contributed by atoms with Crippen LogP contribution in [0.1, 0.15) is 24.8 Å². The fraction of sp³-hybridized carbons (Fsp3) is 0.429. The SMILES string of the molecule is C=Cc1c(N(C)C2CCCCO2)cc(F)c(Cl)c1O. The van der Waals surface area contributed by atoms with Crippen LogP contribution in [-0.2, 0) is 4.74 Å². The van der Waals surface area contributed by atoms with Crippen LogP contribution < -0.4 is 4.90 Å². The van der Waals surface area contributed by atoms with Crippen molar-refractivity contribution in [2.75, 3.05) is 18.6 Å². The van der Waals surface area contributed by atoms with Crippen LogP contribution in [0.25, 0.3) is 6.08 Å². The molecule has 0 amide bonds. The van der Waals surface area contributed by atoms with Gasteiger partial charge >= 0.3 is 0 Å². The number of halogens is 2. The number of rotatable bonds is 3. The first-order valence-electron chi connectivity index (χ1n) is 6.24. The highest BCUT2D eigenvalue weighted by Crippen LogP contribution is 2.38. The van der Waals surface area contributed by atoms with E-state index in [1.54, 1.807) is 0 Å². The molecule has 1 aromatic carbocycles. The molecule has 0 spiro atoms. The molecular weight excluding hydrogens is 269 g/mol. The molecule has 104 valence electrons. The summed E-state index contributed by atoms with van der Waals surface area (Å²) < 4.78 is 19.3. The summed E-state index contributed by atoms with van der Waals surface area (Å²) in [6, 6.07) is 1.30. The number of aromatic hydroxyl groups is 1. The van der Waals surface area contributed by atoms with Crippen LogP contribution in [0.4, 0.5) is 10.1 Å². The van der Waals surface area contributed by atoms with Crippen LogP contribution in [0, 0.1) is 5.82 Å². The quantitative estimate of drug-likeness (QED) is 0.917. The van der Waals surface area contributed by atoms with Gasteiger partial charge in [0.2, 0.25) is 0 Å². The zero-order valence-electron chi connectivity index (χ0n) is 10.8. The van der Waals surface area contributed by atoms with Crippen molar-refractivity contribution < 1.29 is 14.2 Å². The first-order chi connectivity index (χ1) is 9.06. The van der Waals surface area contributed by atoms with E-state index in [0.29, 0.717) is 17.9 Å². The fourth-order valence-electron chi connectivity index (χ4n) is 2.29. The summed E-state index contributed by atoms with van der Waals surface area (Å²) in [7, 11) is 1.81. The predicted molar refractivity (Wildman–Crippen MR) is 75.2 cm³/mol. The summed E-state index contributed by atoms with van der Waals surface area (Å²) in [6.07, 6.45) is 4.33. The summed E-state index contributed by atoms with van der Waals surface area (Å²) in [6.45, 7) is 4.34. The lowest BCUT2D eigenvalue weighted by Gasteiger charge is -2.34. The summed E-state index contributed by atoms with van der Waals surface area (Å²) in [5, 5.41) is 9.61. The minimum atomic E-state index is -0.651. The molecule has 0 aliphatic carbocycles. The second kappa shape index (κ2) is 5.80. The van der Waals surface area contributed by atoms with Gasteiger partial charge in [0.15, 0.2) is 0 Å². The molecule has 1 N–H and O–H groups in total. The van der Waals surface area contributed by atoms with Crippen molar-refractivity contribution in [1.29, 1.82) is 0 Å². The molecule has 19 heavy (non-hydrogen) atoms. The topological polar surface area (TPSA) is 32.7 Å². The largest absolute Gasteiger partial charge is 0.506 e. The van der Waals surface area contributed by atoms with E-state index in [1.807, 2.05) is 11.9 Å². The molecule has 1 saturated heterocycles. The molecular formula is C14H17ClFNO2. The third kappa shape index (κ3) is 2.69. The maximum absolute atomic E-state index is 13.7. The van der Waals surface area contributed by atoms with E-state index in [0.717, 1.165) is 19.3 Å². The van der Waals surface area contributed by atoms with E-state index < -0.39 is 5.82 Å². The second-order valence-electron chi connectivity index (χ2n) is 4.59. The lowest BCUT2D eigenvalue weighted by molar-refractivity contribution is 0.0173. The van der Waals surface area contributed by atoms with Crippen LogP contribution in [0.15, 0.2) is 12.6 Å². The predicted octanol–water partition coefficient (Wildman–Crippen LogP) is 3.79. The Bertz CT molecular complexity index is 487. The van der Waals surface area contributed by atoms with Crippen molar-refractivity contribution in [3.63, 3.8) is 0 Å². The van der Waals surface area contributed by atoms with E-state index in [2.05, 4.69) is 6.58 Å². The number of hydrogen-bond acceptors (Lipinski definition) is 3. The molecule has 3 nitrogen and oxygen atoms in total. The van der Waals surface area contributed by atoms with Gasteiger partial charge < -0.3 is 14.7 Å². The molecule has 2 rings (SSSR count). The van der Waals surface area contributed by atoms with Crippen molar-refractivity contribution >= 4 is 23.4 Å². The molecule has 1 aromatic rings.